The summed E-state index contributed by atoms with van der Waals surface area (Å²) >= 11 is 0. The van der Waals surface area contributed by atoms with E-state index in [2.05, 4.69) is 42.5 Å². The number of phenolic OH excluding ortho intramolecular Hbond substituents is 1. The SMILES string of the molecule is Oc1ccccc1C1=CC(c2ccc3c(c2)C=CC3CC2CC2)=CC1. The first-order valence-electron chi connectivity index (χ1n) is 9.29. The smallest absolute Gasteiger partial charge is 0.123 e. The topological polar surface area (TPSA) is 20.2 Å². The van der Waals surface area contributed by atoms with Crippen molar-refractivity contribution in [2.24, 2.45) is 5.92 Å². The normalized spacial score (nSPS) is 21.2. The fourth-order valence-electron chi connectivity index (χ4n) is 4.14. The van der Waals surface area contributed by atoms with Crippen LogP contribution >= 0.6 is 0 Å². The molecule has 0 spiro atoms. The van der Waals surface area contributed by atoms with E-state index in [4.69, 9.17) is 0 Å². The van der Waals surface area contributed by atoms with Crippen molar-refractivity contribution in [2.75, 3.05) is 0 Å². The molecular formula is C24H22O. The van der Waals surface area contributed by atoms with Crippen LogP contribution in [0, 0.1) is 5.92 Å². The van der Waals surface area contributed by atoms with E-state index in [0.29, 0.717) is 11.7 Å². The van der Waals surface area contributed by atoms with Gasteiger partial charge in [0.25, 0.3) is 0 Å². The monoisotopic (exact) mass is 326 g/mol. The predicted molar refractivity (Wildman–Crippen MR) is 104 cm³/mol. The van der Waals surface area contributed by atoms with Crippen LogP contribution in [0.2, 0.25) is 0 Å². The zero-order valence-corrected chi connectivity index (χ0v) is 14.3. The van der Waals surface area contributed by atoms with Gasteiger partial charge in [-0.3, -0.25) is 0 Å². The summed E-state index contributed by atoms with van der Waals surface area (Å²) in [6, 6.07) is 14.5. The molecule has 1 nitrogen and oxygen atoms in total. The van der Waals surface area contributed by atoms with Crippen LogP contribution in [0.3, 0.4) is 0 Å². The van der Waals surface area contributed by atoms with Gasteiger partial charge in [0.05, 0.1) is 0 Å². The van der Waals surface area contributed by atoms with Gasteiger partial charge in [0.1, 0.15) is 5.75 Å². The lowest BCUT2D eigenvalue weighted by molar-refractivity contribution is 0.473. The number of benzene rings is 2. The third-order valence-corrected chi connectivity index (χ3v) is 5.73. The molecule has 0 amide bonds. The first-order valence-corrected chi connectivity index (χ1v) is 9.29. The first-order chi connectivity index (χ1) is 12.3. The molecule has 0 aromatic heterocycles. The van der Waals surface area contributed by atoms with E-state index in [0.717, 1.165) is 17.9 Å². The van der Waals surface area contributed by atoms with Gasteiger partial charge in [-0.25, -0.2) is 0 Å². The van der Waals surface area contributed by atoms with E-state index in [1.165, 1.54) is 47.1 Å². The second-order valence-electron chi connectivity index (χ2n) is 7.54. The Labute approximate surface area is 149 Å². The summed E-state index contributed by atoms with van der Waals surface area (Å²) in [7, 11) is 0. The lowest BCUT2D eigenvalue weighted by Crippen LogP contribution is -1.95. The van der Waals surface area contributed by atoms with E-state index in [-0.39, 0.29) is 0 Å². The van der Waals surface area contributed by atoms with Crippen molar-refractivity contribution in [1.29, 1.82) is 0 Å². The fourth-order valence-corrected chi connectivity index (χ4v) is 4.14. The molecule has 5 rings (SSSR count). The summed E-state index contributed by atoms with van der Waals surface area (Å²) in [6.07, 6.45) is 14.2. The summed E-state index contributed by atoms with van der Waals surface area (Å²) < 4.78 is 0. The molecule has 2 aromatic carbocycles. The van der Waals surface area contributed by atoms with E-state index < -0.39 is 0 Å². The fraction of sp³-hybridized carbons (Fsp3) is 0.250. The average Bonchev–Trinajstić information content (AvgIpc) is 3.16. The molecule has 0 aliphatic heterocycles. The average molecular weight is 326 g/mol. The molecule has 0 saturated heterocycles. The van der Waals surface area contributed by atoms with Gasteiger partial charge in [-0.1, -0.05) is 67.5 Å². The van der Waals surface area contributed by atoms with Gasteiger partial charge in [0.2, 0.25) is 0 Å². The number of hydrogen-bond donors (Lipinski definition) is 1. The van der Waals surface area contributed by atoms with E-state index >= 15 is 0 Å². The van der Waals surface area contributed by atoms with Gasteiger partial charge >= 0.3 is 0 Å². The van der Waals surface area contributed by atoms with Crippen molar-refractivity contribution >= 4 is 17.2 Å². The number of rotatable bonds is 4. The first kappa shape index (κ1) is 14.8. The molecule has 3 aliphatic carbocycles. The van der Waals surface area contributed by atoms with Crippen molar-refractivity contribution in [3.05, 3.63) is 82.9 Å². The Morgan fingerprint density at radius 2 is 1.92 bits per heavy atom. The quantitative estimate of drug-likeness (QED) is 0.712. The highest BCUT2D eigenvalue weighted by Gasteiger charge is 2.28. The summed E-state index contributed by atoms with van der Waals surface area (Å²) in [6.45, 7) is 0. The Morgan fingerprint density at radius 3 is 2.76 bits per heavy atom. The highest BCUT2D eigenvalue weighted by atomic mass is 16.3. The van der Waals surface area contributed by atoms with E-state index in [1.54, 1.807) is 6.07 Å². The molecule has 0 bridgehead atoms. The van der Waals surface area contributed by atoms with Gasteiger partial charge in [-0.2, -0.15) is 0 Å². The molecule has 1 atom stereocenters. The molecule has 3 aliphatic rings. The summed E-state index contributed by atoms with van der Waals surface area (Å²) in [5, 5.41) is 10.1. The molecule has 1 fully saturated rings. The van der Waals surface area contributed by atoms with Crippen LogP contribution in [-0.2, 0) is 0 Å². The molecule has 1 N–H and O–H groups in total. The molecule has 0 heterocycles. The molecular weight excluding hydrogens is 304 g/mol. The van der Waals surface area contributed by atoms with Crippen LogP contribution in [-0.4, -0.2) is 5.11 Å². The number of allylic oxidation sites excluding steroid dienone is 5. The number of hydrogen-bond acceptors (Lipinski definition) is 1. The largest absolute Gasteiger partial charge is 0.507 e. The van der Waals surface area contributed by atoms with Gasteiger partial charge < -0.3 is 5.11 Å². The van der Waals surface area contributed by atoms with Crippen molar-refractivity contribution in [1.82, 2.24) is 0 Å². The second kappa shape index (κ2) is 5.77. The Kier molecular flexibility index (Phi) is 3.41. The summed E-state index contributed by atoms with van der Waals surface area (Å²) in [5.74, 6) is 1.95. The standard InChI is InChI=1S/C24H22O/c25-24-4-2-1-3-23(24)21-8-7-17(15-21)18-11-12-22-19(13-16-5-6-16)9-10-20(22)14-18/h1-4,7,9-12,14-16,19,25H,5-6,8,13H2. The van der Waals surface area contributed by atoms with Gasteiger partial charge in [0.15, 0.2) is 0 Å². The Balaban J connectivity index is 1.41. The summed E-state index contributed by atoms with van der Waals surface area (Å²) in [4.78, 5) is 0. The Hall–Kier alpha value is -2.54. The number of aromatic hydroxyl groups is 1. The van der Waals surface area contributed by atoms with Crippen molar-refractivity contribution < 1.29 is 5.11 Å². The zero-order valence-electron chi connectivity index (χ0n) is 14.3. The van der Waals surface area contributed by atoms with Crippen LogP contribution in [0.15, 0.2) is 60.7 Å². The van der Waals surface area contributed by atoms with Gasteiger partial charge in [-0.15, -0.1) is 0 Å². The van der Waals surface area contributed by atoms with Gasteiger partial charge in [-0.05, 0) is 58.7 Å². The minimum Gasteiger partial charge on any atom is -0.507 e. The van der Waals surface area contributed by atoms with Crippen LogP contribution in [0.5, 0.6) is 5.75 Å². The minimum atomic E-state index is 0.364. The Bertz CT molecular complexity index is 925. The predicted octanol–water partition coefficient (Wildman–Crippen LogP) is 6.17. The summed E-state index contributed by atoms with van der Waals surface area (Å²) in [5.41, 5.74) is 7.56. The van der Waals surface area contributed by atoms with Crippen LogP contribution in [0.25, 0.3) is 17.2 Å². The molecule has 124 valence electrons. The highest BCUT2D eigenvalue weighted by molar-refractivity contribution is 5.91. The molecule has 1 saturated carbocycles. The third-order valence-electron chi connectivity index (χ3n) is 5.73. The molecule has 1 heteroatoms. The lowest BCUT2D eigenvalue weighted by Gasteiger charge is -2.11. The molecule has 25 heavy (non-hydrogen) atoms. The van der Waals surface area contributed by atoms with E-state index in [9.17, 15) is 5.11 Å². The van der Waals surface area contributed by atoms with Crippen LogP contribution in [0.1, 0.15) is 53.9 Å². The maximum absolute atomic E-state index is 10.1. The highest BCUT2D eigenvalue weighted by Crippen LogP contribution is 2.43. The third kappa shape index (κ3) is 2.74. The lowest BCUT2D eigenvalue weighted by atomic mass is 9.93. The minimum absolute atomic E-state index is 0.364. The molecule has 1 unspecified atom stereocenters. The van der Waals surface area contributed by atoms with E-state index in [1.807, 2.05) is 18.2 Å². The zero-order chi connectivity index (χ0) is 16.8. The van der Waals surface area contributed by atoms with Crippen LogP contribution < -0.4 is 0 Å². The van der Waals surface area contributed by atoms with Crippen LogP contribution in [0.4, 0.5) is 0 Å². The Morgan fingerprint density at radius 1 is 1.04 bits per heavy atom. The van der Waals surface area contributed by atoms with Crippen molar-refractivity contribution in [3.8, 4) is 5.75 Å². The maximum atomic E-state index is 10.1. The number of fused-ring (bicyclic) bond motifs is 1. The number of phenols is 1. The molecule has 0 radical (unpaired) electrons. The van der Waals surface area contributed by atoms with Crippen molar-refractivity contribution in [2.45, 2.75) is 31.6 Å². The van der Waals surface area contributed by atoms with Crippen molar-refractivity contribution in [3.63, 3.8) is 0 Å². The van der Waals surface area contributed by atoms with Gasteiger partial charge in [0, 0.05) is 11.5 Å². The second-order valence-corrected chi connectivity index (χ2v) is 7.54. The maximum Gasteiger partial charge on any atom is 0.123 e. The molecule has 2 aromatic rings. The number of para-hydroxylation sites is 1.